The van der Waals surface area contributed by atoms with E-state index in [0.29, 0.717) is 12.8 Å². The van der Waals surface area contributed by atoms with Gasteiger partial charge in [0.1, 0.15) is 48.8 Å². The van der Waals surface area contributed by atoms with E-state index in [0.717, 1.165) is 12.8 Å². The molecule has 0 aromatic heterocycles. The van der Waals surface area contributed by atoms with E-state index < -0.39 is 86.8 Å². The van der Waals surface area contributed by atoms with Gasteiger partial charge in [0.25, 0.3) is 0 Å². The van der Waals surface area contributed by atoms with E-state index >= 15 is 0 Å². The SMILES string of the molecule is CCCCCCCCCCCCCC/C=C/CC/C=C/C(O)C(COC1OC(CO)C(OC2OC(CO)C(O)C(O)C2O)C(O)C1O)NC(=O)CCC. The molecule has 310 valence electrons. The normalized spacial score (nSPS) is 30.6. The lowest BCUT2D eigenvalue weighted by molar-refractivity contribution is -0.359. The molecule has 0 aromatic rings. The van der Waals surface area contributed by atoms with Crippen LogP contribution in [-0.4, -0.2) is 140 Å². The summed E-state index contributed by atoms with van der Waals surface area (Å²) in [6.07, 6.45) is 9.99. The second-order valence-corrected chi connectivity index (χ2v) is 14.4. The van der Waals surface area contributed by atoms with Gasteiger partial charge in [0.15, 0.2) is 12.6 Å². The van der Waals surface area contributed by atoms with Crippen molar-refractivity contribution in [3.63, 3.8) is 0 Å². The van der Waals surface area contributed by atoms with Gasteiger partial charge in [0.05, 0.1) is 32.0 Å². The number of ether oxygens (including phenoxy) is 4. The number of hydrogen-bond acceptors (Lipinski definition) is 13. The van der Waals surface area contributed by atoms with Crippen LogP contribution in [0.25, 0.3) is 0 Å². The van der Waals surface area contributed by atoms with E-state index in [-0.39, 0.29) is 18.9 Å². The Morgan fingerprint density at radius 1 is 0.660 bits per heavy atom. The quantitative estimate of drug-likeness (QED) is 0.0413. The number of hydrogen-bond donors (Lipinski definition) is 9. The molecular weight excluding hydrogens is 690 g/mol. The number of aliphatic hydroxyl groups excluding tert-OH is 8. The minimum absolute atomic E-state index is 0.224. The molecule has 2 saturated heterocycles. The van der Waals surface area contributed by atoms with E-state index in [1.807, 2.05) is 13.0 Å². The lowest BCUT2D eigenvalue weighted by Crippen LogP contribution is -2.65. The van der Waals surface area contributed by atoms with Crippen LogP contribution in [0.5, 0.6) is 0 Å². The van der Waals surface area contributed by atoms with Crippen LogP contribution in [0.4, 0.5) is 0 Å². The predicted molar refractivity (Wildman–Crippen MR) is 198 cm³/mol. The summed E-state index contributed by atoms with van der Waals surface area (Å²) in [5, 5.41) is 85.3. The topological polar surface area (TPSA) is 228 Å². The molecule has 53 heavy (non-hydrogen) atoms. The Morgan fingerprint density at radius 2 is 1.21 bits per heavy atom. The van der Waals surface area contributed by atoms with Crippen molar-refractivity contribution in [1.29, 1.82) is 0 Å². The number of carbonyl (C=O) groups excluding carboxylic acids is 1. The molecular formula is C39H71NO13. The average Bonchev–Trinajstić information content (AvgIpc) is 3.15. The van der Waals surface area contributed by atoms with Crippen LogP contribution in [0.1, 0.15) is 123 Å². The summed E-state index contributed by atoms with van der Waals surface area (Å²) >= 11 is 0. The first-order valence-corrected chi connectivity index (χ1v) is 20.1. The standard InChI is InChI=1S/C39H71NO13/c1-3-5-6-7-8-9-10-11-12-13-14-15-16-17-18-19-20-21-23-28(43)27(40-31(44)22-4-2)26-50-38-36(49)34(47)37(30(25-42)52-38)53-39-35(48)33(46)32(45)29(24-41)51-39/h17-18,21,23,27-30,32-39,41-43,45-49H,3-16,19-20,22,24-26H2,1-2H3,(H,40,44)/b18-17+,23-21+. The molecule has 14 nitrogen and oxygen atoms in total. The molecule has 12 unspecified atom stereocenters. The van der Waals surface area contributed by atoms with Gasteiger partial charge in [-0.25, -0.2) is 0 Å². The molecule has 2 rings (SSSR count). The highest BCUT2D eigenvalue weighted by atomic mass is 16.7. The molecule has 0 aromatic carbocycles. The molecule has 0 bridgehead atoms. The maximum absolute atomic E-state index is 12.5. The number of carbonyl (C=O) groups is 1. The number of unbranched alkanes of at least 4 members (excludes halogenated alkanes) is 13. The Hall–Kier alpha value is -1.53. The molecule has 0 radical (unpaired) electrons. The molecule has 0 saturated carbocycles. The third kappa shape index (κ3) is 17.4. The molecule has 2 aliphatic heterocycles. The van der Waals surface area contributed by atoms with Crippen LogP contribution in [0.3, 0.4) is 0 Å². The number of rotatable bonds is 28. The summed E-state index contributed by atoms with van der Waals surface area (Å²) in [7, 11) is 0. The summed E-state index contributed by atoms with van der Waals surface area (Å²) in [6.45, 7) is 2.36. The van der Waals surface area contributed by atoms with Gasteiger partial charge in [-0.15, -0.1) is 0 Å². The van der Waals surface area contributed by atoms with Crippen molar-refractivity contribution in [3.05, 3.63) is 24.3 Å². The van der Waals surface area contributed by atoms with Crippen LogP contribution < -0.4 is 5.32 Å². The van der Waals surface area contributed by atoms with Crippen molar-refractivity contribution >= 4 is 5.91 Å². The van der Waals surface area contributed by atoms with E-state index in [1.54, 1.807) is 6.08 Å². The molecule has 9 N–H and O–H groups in total. The number of aliphatic hydroxyl groups is 8. The second kappa shape index (κ2) is 28.0. The van der Waals surface area contributed by atoms with Crippen molar-refractivity contribution in [1.82, 2.24) is 5.32 Å². The van der Waals surface area contributed by atoms with Gasteiger partial charge in [-0.05, 0) is 32.1 Å². The second-order valence-electron chi connectivity index (χ2n) is 14.4. The Morgan fingerprint density at radius 3 is 1.81 bits per heavy atom. The molecule has 12 atom stereocenters. The Labute approximate surface area is 316 Å². The van der Waals surface area contributed by atoms with Gasteiger partial charge in [-0.2, -0.15) is 0 Å². The van der Waals surface area contributed by atoms with Gasteiger partial charge in [-0.3, -0.25) is 4.79 Å². The van der Waals surface area contributed by atoms with Crippen molar-refractivity contribution in [2.75, 3.05) is 19.8 Å². The van der Waals surface area contributed by atoms with Crippen LogP contribution in [0.2, 0.25) is 0 Å². The van der Waals surface area contributed by atoms with E-state index in [4.69, 9.17) is 18.9 Å². The van der Waals surface area contributed by atoms with Crippen LogP contribution in [0, 0.1) is 0 Å². The fourth-order valence-electron chi connectivity index (χ4n) is 6.52. The number of allylic oxidation sites excluding steroid dienone is 3. The van der Waals surface area contributed by atoms with Crippen LogP contribution in [-0.2, 0) is 23.7 Å². The summed E-state index contributed by atoms with van der Waals surface area (Å²) in [5.74, 6) is -0.305. The maximum atomic E-state index is 12.5. The zero-order chi connectivity index (χ0) is 39.0. The largest absolute Gasteiger partial charge is 0.394 e. The zero-order valence-corrected chi connectivity index (χ0v) is 32.0. The Balaban J connectivity index is 1.79. The van der Waals surface area contributed by atoms with Gasteiger partial charge in [0, 0.05) is 6.42 Å². The van der Waals surface area contributed by atoms with Gasteiger partial charge < -0.3 is 65.1 Å². The van der Waals surface area contributed by atoms with E-state index in [9.17, 15) is 45.6 Å². The fourth-order valence-corrected chi connectivity index (χ4v) is 6.52. The van der Waals surface area contributed by atoms with Crippen LogP contribution in [0.15, 0.2) is 24.3 Å². The molecule has 1 amide bonds. The zero-order valence-electron chi connectivity index (χ0n) is 32.0. The van der Waals surface area contributed by atoms with Crippen molar-refractivity contribution < 1.29 is 64.6 Å². The Bertz CT molecular complexity index is 998. The molecule has 0 aliphatic carbocycles. The van der Waals surface area contributed by atoms with Gasteiger partial charge in [-0.1, -0.05) is 109 Å². The maximum Gasteiger partial charge on any atom is 0.220 e. The smallest absolute Gasteiger partial charge is 0.220 e. The highest BCUT2D eigenvalue weighted by molar-refractivity contribution is 5.76. The summed E-state index contributed by atoms with van der Waals surface area (Å²) in [6, 6.07) is -0.921. The number of amides is 1. The average molecular weight is 762 g/mol. The third-order valence-corrected chi connectivity index (χ3v) is 9.86. The fraction of sp³-hybridized carbons (Fsp3) is 0.872. The van der Waals surface area contributed by atoms with Crippen molar-refractivity contribution in [2.24, 2.45) is 0 Å². The third-order valence-electron chi connectivity index (χ3n) is 9.86. The van der Waals surface area contributed by atoms with E-state index in [2.05, 4.69) is 24.4 Å². The first-order valence-electron chi connectivity index (χ1n) is 20.1. The first-order chi connectivity index (χ1) is 25.6. The molecule has 0 spiro atoms. The molecule has 2 fully saturated rings. The first kappa shape index (κ1) is 47.6. The number of nitrogens with one attached hydrogen (secondary N) is 1. The van der Waals surface area contributed by atoms with Gasteiger partial charge >= 0.3 is 0 Å². The lowest BCUT2D eigenvalue weighted by atomic mass is 9.97. The minimum atomic E-state index is -1.78. The van der Waals surface area contributed by atoms with Crippen molar-refractivity contribution in [3.8, 4) is 0 Å². The Kier molecular flexibility index (Phi) is 25.1. The molecule has 2 aliphatic rings. The molecule has 2 heterocycles. The predicted octanol–water partition coefficient (Wildman–Crippen LogP) is 2.26. The van der Waals surface area contributed by atoms with E-state index in [1.165, 1.54) is 77.0 Å². The highest BCUT2D eigenvalue weighted by Crippen LogP contribution is 2.29. The molecule has 14 heteroatoms. The van der Waals surface area contributed by atoms with Crippen molar-refractivity contribution in [2.45, 2.75) is 197 Å². The highest BCUT2D eigenvalue weighted by Gasteiger charge is 2.50. The minimum Gasteiger partial charge on any atom is -0.394 e. The monoisotopic (exact) mass is 761 g/mol. The summed E-state index contributed by atoms with van der Waals surface area (Å²) < 4.78 is 22.3. The van der Waals surface area contributed by atoms with Gasteiger partial charge in [0.2, 0.25) is 5.91 Å². The lowest BCUT2D eigenvalue weighted by Gasteiger charge is -2.46. The summed E-state index contributed by atoms with van der Waals surface area (Å²) in [5.41, 5.74) is 0. The van der Waals surface area contributed by atoms with Crippen LogP contribution >= 0.6 is 0 Å². The summed E-state index contributed by atoms with van der Waals surface area (Å²) in [4.78, 5) is 12.5.